The fourth-order valence-corrected chi connectivity index (χ4v) is 17.4. The Hall–Kier alpha value is -13.7. The molecular weight excluding hydrogens is 1280 g/mol. The molecule has 4 aromatic heterocycles. The van der Waals surface area contributed by atoms with Crippen molar-refractivity contribution in [1.82, 2.24) is 19.9 Å². The van der Waals surface area contributed by atoms with Crippen LogP contribution >= 0.6 is 0 Å². The van der Waals surface area contributed by atoms with Gasteiger partial charge in [-0.25, -0.2) is 19.9 Å². The summed E-state index contributed by atoms with van der Waals surface area (Å²) in [6, 6.07) is 127. The fraction of sp³-hybridized carbons (Fsp3) is 0.0303. The SMILES string of the molecule is CC1(c2ccccc2)c2ccccc2-c2cc3oc4ccc(-c5nc(-c6ccccc6)c6cc(-c7ccccc7)ccc6n5)cc4c3cc21.c1ccc(C2(c3ccccc3)c3ccccc3-c3cc4oc5cc(-c6nc(-c7c8ccccc8cc8ccccc78)nc7ccccc67)ccc5c4cc32)cc1. The number of hydrogen-bond acceptors (Lipinski definition) is 6. The molecule has 22 rings (SSSR count). The first-order chi connectivity index (χ1) is 51.9. The number of hydrogen-bond donors (Lipinski definition) is 0. The van der Waals surface area contributed by atoms with Crippen LogP contribution in [0.2, 0.25) is 0 Å². The third-order valence-corrected chi connectivity index (χ3v) is 22.3. The van der Waals surface area contributed by atoms with Crippen LogP contribution in [0, 0.1) is 0 Å². The van der Waals surface area contributed by atoms with Gasteiger partial charge in [-0.1, -0.05) is 279 Å². The van der Waals surface area contributed by atoms with Gasteiger partial charge < -0.3 is 8.83 Å². The molecule has 0 saturated heterocycles. The molecule has 16 aromatic carbocycles. The summed E-state index contributed by atoms with van der Waals surface area (Å²) in [6.07, 6.45) is 0. The van der Waals surface area contributed by atoms with Crippen molar-refractivity contribution in [2.75, 3.05) is 0 Å². The van der Waals surface area contributed by atoms with Crippen LogP contribution in [0.25, 0.3) is 166 Å². The molecular formula is C99H62N4O2. The maximum absolute atomic E-state index is 6.83. The molecule has 0 aliphatic heterocycles. The first kappa shape index (κ1) is 60.1. The number of aromatic nitrogens is 4. The minimum absolute atomic E-state index is 0.284. The number of nitrogens with zero attached hydrogens (tertiary/aromatic N) is 4. The summed E-state index contributed by atoms with van der Waals surface area (Å²) >= 11 is 0. The number of furan rings is 2. The van der Waals surface area contributed by atoms with Gasteiger partial charge in [-0.2, -0.15) is 0 Å². The topological polar surface area (TPSA) is 77.8 Å². The molecule has 0 radical (unpaired) electrons. The Labute approximate surface area is 605 Å². The van der Waals surface area contributed by atoms with Gasteiger partial charge in [-0.15, -0.1) is 0 Å². The summed E-state index contributed by atoms with van der Waals surface area (Å²) in [5.41, 5.74) is 26.5. The molecule has 2 aliphatic carbocycles. The van der Waals surface area contributed by atoms with E-state index < -0.39 is 5.41 Å². The van der Waals surface area contributed by atoms with Crippen LogP contribution in [-0.2, 0) is 10.8 Å². The standard InChI is InChI=1S/C53H32N2O.C46H30N2O/c1-3-17-36(18-4-1)53(37-19-5-2-6-20-37)45-25-13-11-23-40(45)43-32-49-44(31-46(43)53)41-28-27-35(30-48(41)56-49)51-42-24-12-14-26-47(42)54-52(55-51)50-38-21-9-7-15-33(38)29-34-16-8-10-22-39(34)50;1-46(33-17-9-4-10-18-33)39-20-12-11-19-34(39)35-28-43-37(27-40(35)46)36-26-32(22-24-42(36)49-43)45-47-41-23-21-31(29-13-5-2-6-14-29)25-38(41)44(48-45)30-15-7-3-8-16-30/h1-32H;2-28H,1H3. The summed E-state index contributed by atoms with van der Waals surface area (Å²) < 4.78 is 13.4. The Balaban J connectivity index is 0.000000137. The predicted octanol–water partition coefficient (Wildman–Crippen LogP) is 25.4. The molecule has 4 heterocycles. The molecule has 0 bridgehead atoms. The Morgan fingerprint density at radius 1 is 0.238 bits per heavy atom. The maximum Gasteiger partial charge on any atom is 0.161 e. The number of para-hydroxylation sites is 1. The lowest BCUT2D eigenvalue weighted by atomic mass is 9.67. The van der Waals surface area contributed by atoms with E-state index in [1.165, 1.54) is 77.5 Å². The lowest BCUT2D eigenvalue weighted by Gasteiger charge is -2.33. The second-order valence-corrected chi connectivity index (χ2v) is 27.9. The first-order valence-electron chi connectivity index (χ1n) is 35.9. The van der Waals surface area contributed by atoms with Crippen LogP contribution in [-0.4, -0.2) is 19.9 Å². The average Bonchev–Trinajstić information content (AvgIpc) is 1.54. The smallest absolute Gasteiger partial charge is 0.161 e. The lowest BCUT2D eigenvalue weighted by Crippen LogP contribution is -2.28. The summed E-state index contributed by atoms with van der Waals surface area (Å²) in [5, 5.41) is 11.0. The molecule has 0 amide bonds. The van der Waals surface area contributed by atoms with Crippen LogP contribution in [0.3, 0.4) is 0 Å². The minimum atomic E-state index is -0.478. The molecule has 0 spiro atoms. The molecule has 2 aliphatic rings. The molecule has 0 fully saturated rings. The van der Waals surface area contributed by atoms with E-state index in [2.05, 4.69) is 353 Å². The van der Waals surface area contributed by atoms with Gasteiger partial charge in [0.25, 0.3) is 0 Å². The van der Waals surface area contributed by atoms with E-state index in [0.717, 1.165) is 116 Å². The highest BCUT2D eigenvalue weighted by Crippen LogP contribution is 2.58. The molecule has 6 heteroatoms. The van der Waals surface area contributed by atoms with E-state index in [0.29, 0.717) is 11.6 Å². The van der Waals surface area contributed by atoms with Gasteiger partial charge in [0.05, 0.1) is 27.8 Å². The molecule has 0 N–H and O–H groups in total. The molecule has 6 nitrogen and oxygen atoms in total. The zero-order chi connectivity index (χ0) is 69.3. The predicted molar refractivity (Wildman–Crippen MR) is 431 cm³/mol. The van der Waals surface area contributed by atoms with E-state index in [1.807, 2.05) is 12.1 Å². The second kappa shape index (κ2) is 23.7. The summed E-state index contributed by atoms with van der Waals surface area (Å²) in [7, 11) is 0. The Morgan fingerprint density at radius 2 is 0.705 bits per heavy atom. The molecule has 1 atom stereocenters. The Morgan fingerprint density at radius 3 is 1.40 bits per heavy atom. The Bertz CT molecular complexity index is 6820. The number of rotatable bonds is 8. The van der Waals surface area contributed by atoms with Crippen molar-refractivity contribution >= 4 is 87.2 Å². The van der Waals surface area contributed by atoms with Crippen molar-refractivity contribution < 1.29 is 8.83 Å². The van der Waals surface area contributed by atoms with Gasteiger partial charge >= 0.3 is 0 Å². The normalized spacial score (nSPS) is 14.1. The first-order valence-corrected chi connectivity index (χ1v) is 35.9. The van der Waals surface area contributed by atoms with Crippen molar-refractivity contribution in [2.45, 2.75) is 17.8 Å². The molecule has 105 heavy (non-hydrogen) atoms. The van der Waals surface area contributed by atoms with Gasteiger partial charge in [0, 0.05) is 60.0 Å². The van der Waals surface area contributed by atoms with Crippen LogP contribution in [0.5, 0.6) is 0 Å². The summed E-state index contributed by atoms with van der Waals surface area (Å²) in [6.45, 7) is 2.35. The summed E-state index contributed by atoms with van der Waals surface area (Å²) in [5.74, 6) is 1.41. The largest absolute Gasteiger partial charge is 0.456 e. The highest BCUT2D eigenvalue weighted by molar-refractivity contribution is 6.14. The number of benzene rings is 16. The third-order valence-electron chi connectivity index (χ3n) is 22.3. The van der Waals surface area contributed by atoms with Crippen molar-refractivity contribution in [2.24, 2.45) is 0 Å². The molecule has 0 saturated carbocycles. The molecule has 1 unspecified atom stereocenters. The van der Waals surface area contributed by atoms with Gasteiger partial charge in [0.15, 0.2) is 11.6 Å². The zero-order valence-electron chi connectivity index (χ0n) is 57.2. The minimum Gasteiger partial charge on any atom is -0.456 e. The van der Waals surface area contributed by atoms with E-state index in [4.69, 9.17) is 28.8 Å². The summed E-state index contributed by atoms with van der Waals surface area (Å²) in [4.78, 5) is 21.0. The average molecular weight is 1340 g/mol. The van der Waals surface area contributed by atoms with Crippen LogP contribution in [0.1, 0.15) is 45.9 Å². The van der Waals surface area contributed by atoms with Crippen LogP contribution in [0.15, 0.2) is 367 Å². The third kappa shape index (κ3) is 9.36. The lowest BCUT2D eigenvalue weighted by molar-refractivity contribution is 0.668. The second-order valence-electron chi connectivity index (χ2n) is 27.9. The Kier molecular flexibility index (Phi) is 13.6. The van der Waals surface area contributed by atoms with E-state index in [-0.39, 0.29) is 5.41 Å². The van der Waals surface area contributed by atoms with Crippen LogP contribution in [0.4, 0.5) is 0 Å². The van der Waals surface area contributed by atoms with Gasteiger partial charge in [-0.3, -0.25) is 0 Å². The quantitative estimate of drug-likeness (QED) is 0.141. The van der Waals surface area contributed by atoms with Crippen molar-refractivity contribution in [3.05, 3.63) is 397 Å². The van der Waals surface area contributed by atoms with Crippen molar-refractivity contribution in [3.63, 3.8) is 0 Å². The van der Waals surface area contributed by atoms with Crippen molar-refractivity contribution in [3.8, 4) is 78.7 Å². The van der Waals surface area contributed by atoms with Gasteiger partial charge in [0.2, 0.25) is 0 Å². The number of fused-ring (bicyclic) bond motifs is 16. The van der Waals surface area contributed by atoms with Crippen molar-refractivity contribution in [1.29, 1.82) is 0 Å². The van der Waals surface area contributed by atoms with Gasteiger partial charge in [-0.05, 0) is 180 Å². The van der Waals surface area contributed by atoms with Crippen LogP contribution < -0.4 is 0 Å². The fourth-order valence-electron chi connectivity index (χ4n) is 17.4. The van der Waals surface area contributed by atoms with Gasteiger partial charge in [0.1, 0.15) is 22.3 Å². The van der Waals surface area contributed by atoms with E-state index in [1.54, 1.807) is 0 Å². The molecule has 490 valence electrons. The highest BCUT2D eigenvalue weighted by Gasteiger charge is 2.47. The monoisotopic (exact) mass is 1340 g/mol. The van der Waals surface area contributed by atoms with E-state index >= 15 is 0 Å². The zero-order valence-corrected chi connectivity index (χ0v) is 57.2. The highest BCUT2D eigenvalue weighted by atomic mass is 16.3. The molecule has 20 aromatic rings. The van der Waals surface area contributed by atoms with E-state index in [9.17, 15) is 0 Å². The maximum atomic E-state index is 6.83.